The molecule has 0 aliphatic rings. The molecule has 0 aliphatic heterocycles. The lowest BCUT2D eigenvalue weighted by Gasteiger charge is -2.17. The standard InChI is InChI=1S/C24H32N2O4/c1-4-29-21-15-14-19(18-22(21)30-5-2)16-17-25-23(27)12-9-13-24(28)26(3)20-10-7-6-8-11-20/h6-8,10-11,14-15,18H,4-5,9,12-13,16-17H2,1-3H3,(H,25,27). The molecule has 2 rings (SSSR count). The maximum absolute atomic E-state index is 12.3. The molecule has 1 N–H and O–H groups in total. The minimum Gasteiger partial charge on any atom is -0.490 e. The van der Waals surface area contributed by atoms with Gasteiger partial charge in [-0.25, -0.2) is 0 Å². The molecule has 0 heterocycles. The molecule has 6 heteroatoms. The van der Waals surface area contributed by atoms with E-state index in [0.29, 0.717) is 45.4 Å². The van der Waals surface area contributed by atoms with Gasteiger partial charge in [0.05, 0.1) is 13.2 Å². The summed E-state index contributed by atoms with van der Waals surface area (Å²) in [5.41, 5.74) is 1.93. The number of para-hydroxylation sites is 1. The highest BCUT2D eigenvalue weighted by atomic mass is 16.5. The lowest BCUT2D eigenvalue weighted by molar-refractivity contribution is -0.121. The zero-order chi connectivity index (χ0) is 21.8. The number of benzene rings is 2. The number of hydrogen-bond acceptors (Lipinski definition) is 4. The van der Waals surface area contributed by atoms with Gasteiger partial charge < -0.3 is 19.7 Å². The third kappa shape index (κ3) is 7.43. The van der Waals surface area contributed by atoms with Crippen LogP contribution in [0.5, 0.6) is 11.5 Å². The van der Waals surface area contributed by atoms with Gasteiger partial charge in [0.1, 0.15) is 0 Å². The lowest BCUT2D eigenvalue weighted by Crippen LogP contribution is -2.28. The first kappa shape index (κ1) is 23.3. The fourth-order valence-electron chi connectivity index (χ4n) is 3.05. The fourth-order valence-corrected chi connectivity index (χ4v) is 3.05. The van der Waals surface area contributed by atoms with Gasteiger partial charge in [-0.1, -0.05) is 24.3 Å². The number of rotatable bonds is 12. The van der Waals surface area contributed by atoms with Crippen LogP contribution in [0, 0.1) is 0 Å². The molecule has 30 heavy (non-hydrogen) atoms. The second-order valence-electron chi connectivity index (χ2n) is 6.89. The van der Waals surface area contributed by atoms with E-state index in [9.17, 15) is 9.59 Å². The predicted octanol–water partition coefficient (Wildman–Crippen LogP) is 3.98. The molecule has 6 nitrogen and oxygen atoms in total. The van der Waals surface area contributed by atoms with E-state index in [1.807, 2.05) is 62.4 Å². The smallest absolute Gasteiger partial charge is 0.226 e. The maximum atomic E-state index is 12.3. The Morgan fingerprint density at radius 3 is 2.33 bits per heavy atom. The first-order valence-electron chi connectivity index (χ1n) is 10.5. The summed E-state index contributed by atoms with van der Waals surface area (Å²) in [7, 11) is 1.76. The zero-order valence-corrected chi connectivity index (χ0v) is 18.1. The number of amides is 2. The molecule has 0 aromatic heterocycles. The Bertz CT molecular complexity index is 808. The van der Waals surface area contributed by atoms with E-state index >= 15 is 0 Å². The molecule has 0 fully saturated rings. The van der Waals surface area contributed by atoms with Crippen molar-refractivity contribution < 1.29 is 19.1 Å². The molecule has 0 saturated heterocycles. The molecule has 2 amide bonds. The number of nitrogens with zero attached hydrogens (tertiary/aromatic N) is 1. The number of nitrogens with one attached hydrogen (secondary N) is 1. The predicted molar refractivity (Wildman–Crippen MR) is 119 cm³/mol. The summed E-state index contributed by atoms with van der Waals surface area (Å²) in [6.45, 7) is 5.56. The summed E-state index contributed by atoms with van der Waals surface area (Å²) in [4.78, 5) is 26.0. The molecule has 0 atom stereocenters. The highest BCUT2D eigenvalue weighted by Crippen LogP contribution is 2.28. The van der Waals surface area contributed by atoms with Gasteiger partial charge in [-0.3, -0.25) is 9.59 Å². The number of carbonyl (C=O) groups is 2. The van der Waals surface area contributed by atoms with E-state index in [2.05, 4.69) is 5.32 Å². The van der Waals surface area contributed by atoms with Crippen molar-refractivity contribution in [3.63, 3.8) is 0 Å². The largest absolute Gasteiger partial charge is 0.490 e. The van der Waals surface area contributed by atoms with Crippen molar-refractivity contribution in [1.29, 1.82) is 0 Å². The number of ether oxygens (including phenoxy) is 2. The van der Waals surface area contributed by atoms with Gasteiger partial charge in [-0.15, -0.1) is 0 Å². The van der Waals surface area contributed by atoms with Crippen molar-refractivity contribution in [3.05, 3.63) is 54.1 Å². The van der Waals surface area contributed by atoms with Gasteiger partial charge >= 0.3 is 0 Å². The average Bonchev–Trinajstić information content (AvgIpc) is 2.75. The quantitative estimate of drug-likeness (QED) is 0.573. The average molecular weight is 413 g/mol. The Morgan fingerprint density at radius 2 is 1.63 bits per heavy atom. The van der Waals surface area contributed by atoms with Crippen molar-refractivity contribution in [1.82, 2.24) is 5.32 Å². The van der Waals surface area contributed by atoms with Crippen LogP contribution < -0.4 is 19.7 Å². The molecule has 2 aromatic rings. The van der Waals surface area contributed by atoms with Gasteiger partial charge in [0.2, 0.25) is 11.8 Å². The van der Waals surface area contributed by atoms with Crippen LogP contribution in [0.4, 0.5) is 5.69 Å². The van der Waals surface area contributed by atoms with Crippen LogP contribution >= 0.6 is 0 Å². The van der Waals surface area contributed by atoms with Crippen LogP contribution in [0.2, 0.25) is 0 Å². The van der Waals surface area contributed by atoms with Gasteiger partial charge in [0, 0.05) is 32.1 Å². The molecule has 0 aliphatic carbocycles. The molecular formula is C24H32N2O4. The third-order valence-electron chi connectivity index (χ3n) is 4.66. The third-order valence-corrected chi connectivity index (χ3v) is 4.66. The summed E-state index contributed by atoms with van der Waals surface area (Å²) in [5, 5.41) is 2.92. The van der Waals surface area contributed by atoms with Crippen LogP contribution in [-0.4, -0.2) is 38.6 Å². The SMILES string of the molecule is CCOc1ccc(CCNC(=O)CCCC(=O)N(C)c2ccccc2)cc1OCC. The highest BCUT2D eigenvalue weighted by Gasteiger charge is 2.11. The Morgan fingerprint density at radius 1 is 0.933 bits per heavy atom. The Kier molecular flexibility index (Phi) is 9.71. The summed E-state index contributed by atoms with van der Waals surface area (Å²) < 4.78 is 11.2. The Hall–Kier alpha value is -3.02. The molecule has 2 aromatic carbocycles. The lowest BCUT2D eigenvalue weighted by atomic mass is 10.1. The van der Waals surface area contributed by atoms with Crippen LogP contribution in [0.25, 0.3) is 0 Å². The maximum Gasteiger partial charge on any atom is 0.226 e. The van der Waals surface area contributed by atoms with Crippen molar-refractivity contribution in [3.8, 4) is 11.5 Å². The molecule has 0 saturated carbocycles. The summed E-state index contributed by atoms with van der Waals surface area (Å²) in [6, 6.07) is 15.3. The molecule has 0 unspecified atom stereocenters. The van der Waals surface area contributed by atoms with E-state index in [1.165, 1.54) is 0 Å². The second-order valence-corrected chi connectivity index (χ2v) is 6.89. The first-order valence-corrected chi connectivity index (χ1v) is 10.5. The van der Waals surface area contributed by atoms with Crippen molar-refractivity contribution >= 4 is 17.5 Å². The van der Waals surface area contributed by atoms with Crippen molar-refractivity contribution in [2.24, 2.45) is 0 Å². The van der Waals surface area contributed by atoms with Crippen LogP contribution in [0.3, 0.4) is 0 Å². The fraction of sp³-hybridized carbons (Fsp3) is 0.417. The normalized spacial score (nSPS) is 10.4. The molecule has 0 bridgehead atoms. The van der Waals surface area contributed by atoms with E-state index in [4.69, 9.17) is 9.47 Å². The van der Waals surface area contributed by atoms with Gasteiger partial charge in [-0.2, -0.15) is 0 Å². The Labute approximate surface area is 179 Å². The number of anilines is 1. The van der Waals surface area contributed by atoms with Gasteiger partial charge in [0.25, 0.3) is 0 Å². The number of hydrogen-bond donors (Lipinski definition) is 1. The summed E-state index contributed by atoms with van der Waals surface area (Å²) in [6.07, 6.45) is 1.91. The monoisotopic (exact) mass is 412 g/mol. The molecule has 0 radical (unpaired) electrons. The van der Waals surface area contributed by atoms with E-state index in [-0.39, 0.29) is 11.8 Å². The summed E-state index contributed by atoms with van der Waals surface area (Å²) >= 11 is 0. The van der Waals surface area contributed by atoms with E-state index < -0.39 is 0 Å². The van der Waals surface area contributed by atoms with Gasteiger partial charge in [-0.05, 0) is 56.5 Å². The van der Waals surface area contributed by atoms with Crippen molar-refractivity contribution in [2.75, 3.05) is 31.7 Å². The number of carbonyl (C=O) groups excluding carboxylic acids is 2. The molecular weight excluding hydrogens is 380 g/mol. The van der Waals surface area contributed by atoms with Crippen LogP contribution in [0.1, 0.15) is 38.7 Å². The zero-order valence-electron chi connectivity index (χ0n) is 18.1. The van der Waals surface area contributed by atoms with Crippen LogP contribution in [0.15, 0.2) is 48.5 Å². The minimum absolute atomic E-state index is 0.00633. The molecule has 162 valence electrons. The first-order chi connectivity index (χ1) is 14.5. The van der Waals surface area contributed by atoms with Crippen molar-refractivity contribution in [2.45, 2.75) is 39.5 Å². The van der Waals surface area contributed by atoms with Crippen LogP contribution in [-0.2, 0) is 16.0 Å². The second kappa shape index (κ2) is 12.5. The highest BCUT2D eigenvalue weighted by molar-refractivity contribution is 5.92. The Balaban J connectivity index is 1.71. The van der Waals surface area contributed by atoms with Gasteiger partial charge in [0.15, 0.2) is 11.5 Å². The molecule has 0 spiro atoms. The van der Waals surface area contributed by atoms with E-state index in [0.717, 1.165) is 22.7 Å². The summed E-state index contributed by atoms with van der Waals surface area (Å²) in [5.74, 6) is 1.43. The minimum atomic E-state index is -0.0406. The topological polar surface area (TPSA) is 67.9 Å². The van der Waals surface area contributed by atoms with E-state index in [1.54, 1.807) is 11.9 Å².